The molecule has 0 radical (unpaired) electrons. The molecule has 1 aromatic heterocycles. The van der Waals surface area contributed by atoms with Gasteiger partial charge in [0.25, 0.3) is 0 Å². The van der Waals surface area contributed by atoms with E-state index in [1.54, 1.807) is 0 Å². The van der Waals surface area contributed by atoms with Gasteiger partial charge in [-0.25, -0.2) is 0 Å². The molecule has 13 rings (SSSR count). The average Bonchev–Trinajstić information content (AvgIpc) is 3.76. The maximum atomic E-state index is 2.46. The fourth-order valence-corrected chi connectivity index (χ4v) is 11.4. The first-order chi connectivity index (χ1) is 34.7. The van der Waals surface area contributed by atoms with Gasteiger partial charge in [-0.3, -0.25) is 0 Å². The number of fused-ring (bicyclic) bond motifs is 6. The first kappa shape index (κ1) is 41.2. The smallest absolute Gasteiger partial charge is 0.0714 e. The second-order valence-electron chi connectivity index (χ2n) is 18.3. The predicted octanol–water partition coefficient (Wildman–Crippen LogP) is 18.0. The lowest BCUT2D eigenvalue weighted by Crippen LogP contribution is -2.29. The van der Waals surface area contributed by atoms with Crippen molar-refractivity contribution in [1.82, 2.24) is 4.57 Å². The highest BCUT2D eigenvalue weighted by molar-refractivity contribution is 6.09. The summed E-state index contributed by atoms with van der Waals surface area (Å²) in [5.41, 5.74) is 21.1. The Kier molecular flexibility index (Phi) is 10.2. The number of hydrogen-bond donors (Lipinski definition) is 0. The minimum atomic E-state index is -0.521. The molecule has 0 fully saturated rings. The molecule has 0 bridgehead atoms. The molecule has 0 spiro atoms. The third kappa shape index (κ3) is 6.79. The number of benzene rings is 10. The third-order valence-electron chi connectivity index (χ3n) is 14.5. The van der Waals surface area contributed by atoms with Crippen molar-refractivity contribution < 1.29 is 0 Å². The van der Waals surface area contributed by atoms with Gasteiger partial charge >= 0.3 is 0 Å². The lowest BCUT2D eigenvalue weighted by Gasteiger charge is -2.35. The molecule has 0 saturated heterocycles. The molecule has 1 unspecified atom stereocenters. The fourth-order valence-electron chi connectivity index (χ4n) is 11.4. The van der Waals surface area contributed by atoms with Crippen LogP contribution in [0, 0.1) is 0 Å². The molecule has 0 amide bonds. The number of allylic oxidation sites excluding steroid dienone is 6. The minimum absolute atomic E-state index is 0.521. The van der Waals surface area contributed by atoms with Crippen LogP contribution in [0.1, 0.15) is 23.1 Å². The van der Waals surface area contributed by atoms with Crippen LogP contribution in [0.25, 0.3) is 72.0 Å². The SMILES string of the molecule is C1=CCC=CC(C2(c3ccccc3)c3ccccc3-c3ccc(N(c4ccc(-c5ccccc5)cc4)c4ccc(-c5ccccc5-c5ccc(-n6c7ccccc7c7ccccc76)cc5)cc4)cc32)=C1. The topological polar surface area (TPSA) is 8.17 Å². The van der Waals surface area contributed by atoms with E-state index in [4.69, 9.17) is 0 Å². The zero-order chi connectivity index (χ0) is 46.4. The molecule has 10 aromatic carbocycles. The normalized spacial score (nSPS) is 14.8. The first-order valence-electron chi connectivity index (χ1n) is 24.3. The Labute approximate surface area is 409 Å². The highest BCUT2D eigenvalue weighted by atomic mass is 15.1. The highest BCUT2D eigenvalue weighted by Gasteiger charge is 2.47. The van der Waals surface area contributed by atoms with Crippen molar-refractivity contribution >= 4 is 38.9 Å². The van der Waals surface area contributed by atoms with Crippen molar-refractivity contribution in [3.63, 3.8) is 0 Å². The molecule has 70 heavy (non-hydrogen) atoms. The molecule has 0 saturated carbocycles. The summed E-state index contributed by atoms with van der Waals surface area (Å²) in [5.74, 6) is 0. The molecular formula is C68H48N2. The summed E-state index contributed by atoms with van der Waals surface area (Å²) in [5, 5.41) is 2.53. The minimum Gasteiger partial charge on any atom is -0.310 e. The van der Waals surface area contributed by atoms with Crippen LogP contribution in [0.5, 0.6) is 0 Å². The van der Waals surface area contributed by atoms with Gasteiger partial charge in [0.1, 0.15) is 0 Å². The zero-order valence-corrected chi connectivity index (χ0v) is 38.7. The van der Waals surface area contributed by atoms with Crippen LogP contribution < -0.4 is 4.90 Å². The van der Waals surface area contributed by atoms with E-state index in [1.807, 2.05) is 0 Å². The third-order valence-corrected chi connectivity index (χ3v) is 14.5. The molecular weight excluding hydrogens is 845 g/mol. The van der Waals surface area contributed by atoms with Crippen LogP contribution in [-0.4, -0.2) is 4.57 Å². The number of para-hydroxylation sites is 2. The predicted molar refractivity (Wildman–Crippen MR) is 295 cm³/mol. The summed E-state index contributed by atoms with van der Waals surface area (Å²) < 4.78 is 2.38. The second kappa shape index (κ2) is 17.3. The Morgan fingerprint density at radius 1 is 0.371 bits per heavy atom. The van der Waals surface area contributed by atoms with Crippen LogP contribution in [0.2, 0.25) is 0 Å². The van der Waals surface area contributed by atoms with Crippen molar-refractivity contribution in [2.75, 3.05) is 4.90 Å². The number of hydrogen-bond acceptors (Lipinski definition) is 1. The molecule has 2 aliphatic rings. The molecule has 2 nitrogen and oxygen atoms in total. The molecule has 11 aromatic rings. The average molecular weight is 893 g/mol. The van der Waals surface area contributed by atoms with Crippen LogP contribution in [-0.2, 0) is 5.41 Å². The Morgan fingerprint density at radius 3 is 1.53 bits per heavy atom. The molecule has 330 valence electrons. The van der Waals surface area contributed by atoms with Crippen molar-refractivity contribution in [3.05, 3.63) is 301 Å². The zero-order valence-electron chi connectivity index (χ0n) is 38.7. The van der Waals surface area contributed by atoms with Crippen LogP contribution in [0.4, 0.5) is 17.1 Å². The van der Waals surface area contributed by atoms with Gasteiger partial charge in [0.15, 0.2) is 0 Å². The molecule has 0 aliphatic heterocycles. The Morgan fingerprint density at radius 2 is 0.871 bits per heavy atom. The van der Waals surface area contributed by atoms with E-state index in [-0.39, 0.29) is 0 Å². The first-order valence-corrected chi connectivity index (χ1v) is 24.3. The van der Waals surface area contributed by atoms with Gasteiger partial charge in [-0.2, -0.15) is 0 Å². The summed E-state index contributed by atoms with van der Waals surface area (Å²) in [6.45, 7) is 0. The van der Waals surface area contributed by atoms with Crippen LogP contribution >= 0.6 is 0 Å². The van der Waals surface area contributed by atoms with Crippen molar-refractivity contribution in [3.8, 4) is 50.2 Å². The van der Waals surface area contributed by atoms with Gasteiger partial charge < -0.3 is 9.47 Å². The maximum absolute atomic E-state index is 2.46. The van der Waals surface area contributed by atoms with Gasteiger partial charge in [-0.1, -0.05) is 218 Å². The lowest BCUT2D eigenvalue weighted by atomic mass is 9.67. The number of aromatic nitrogens is 1. The summed E-state index contributed by atoms with van der Waals surface area (Å²) in [6, 6.07) is 91.3. The largest absolute Gasteiger partial charge is 0.310 e. The maximum Gasteiger partial charge on any atom is 0.0714 e. The van der Waals surface area contributed by atoms with Crippen molar-refractivity contribution in [1.29, 1.82) is 0 Å². The molecule has 1 heterocycles. The quantitative estimate of drug-likeness (QED) is 0.140. The van der Waals surface area contributed by atoms with Gasteiger partial charge in [0.2, 0.25) is 0 Å². The molecule has 2 heteroatoms. The van der Waals surface area contributed by atoms with E-state index >= 15 is 0 Å². The van der Waals surface area contributed by atoms with E-state index in [2.05, 4.69) is 289 Å². The second-order valence-corrected chi connectivity index (χ2v) is 18.3. The molecule has 0 N–H and O–H groups in total. The number of anilines is 3. The summed E-state index contributed by atoms with van der Waals surface area (Å²) in [6.07, 6.45) is 12.4. The van der Waals surface area contributed by atoms with Crippen LogP contribution in [0.3, 0.4) is 0 Å². The van der Waals surface area contributed by atoms with Gasteiger partial charge in [-0.15, -0.1) is 0 Å². The van der Waals surface area contributed by atoms with Gasteiger partial charge in [0, 0.05) is 33.5 Å². The summed E-state index contributed by atoms with van der Waals surface area (Å²) >= 11 is 0. The summed E-state index contributed by atoms with van der Waals surface area (Å²) in [7, 11) is 0. The molecule has 2 aliphatic carbocycles. The lowest BCUT2D eigenvalue weighted by molar-refractivity contribution is 0.767. The standard InChI is InChI=1S/C68H48N2/c1-2-8-22-52(21-7-1)68(53-23-9-4-10-24-53)64-30-16-13-27-60(64)61-46-45-57(47-65(61)68)69(54-39-33-49(34-40-54)48-19-5-3-6-20-48)55-41-35-50(36-42-55)58-25-11-12-26-59(58)51-37-43-56(44-38-51)70-66-31-17-14-28-62(66)63-29-15-18-32-67(63)70/h1,3-47H,2H2. The van der Waals surface area contributed by atoms with Gasteiger partial charge in [-0.05, 0) is 134 Å². The Bertz CT molecular complexity index is 3760. The fraction of sp³-hybridized carbons (Fsp3) is 0.0294. The molecule has 1 atom stereocenters. The van der Waals surface area contributed by atoms with E-state index in [9.17, 15) is 0 Å². The monoisotopic (exact) mass is 892 g/mol. The van der Waals surface area contributed by atoms with Crippen molar-refractivity contribution in [2.45, 2.75) is 11.8 Å². The Balaban J connectivity index is 0.923. The van der Waals surface area contributed by atoms with E-state index in [1.165, 1.54) is 83.0 Å². The highest BCUT2D eigenvalue weighted by Crippen LogP contribution is 2.58. The van der Waals surface area contributed by atoms with E-state index in [0.29, 0.717) is 0 Å². The number of rotatable bonds is 9. The van der Waals surface area contributed by atoms with Gasteiger partial charge in [0.05, 0.1) is 16.4 Å². The Hall–Kier alpha value is -8.98. The summed E-state index contributed by atoms with van der Waals surface area (Å²) in [4.78, 5) is 2.42. The van der Waals surface area contributed by atoms with Crippen LogP contribution in [0.15, 0.2) is 285 Å². The van der Waals surface area contributed by atoms with Crippen molar-refractivity contribution in [2.24, 2.45) is 0 Å². The number of nitrogens with zero attached hydrogens (tertiary/aromatic N) is 2. The van der Waals surface area contributed by atoms with E-state index in [0.717, 1.165) is 34.7 Å². The van der Waals surface area contributed by atoms with E-state index < -0.39 is 5.41 Å².